The summed E-state index contributed by atoms with van der Waals surface area (Å²) in [4.78, 5) is 2.61. The highest BCUT2D eigenvalue weighted by molar-refractivity contribution is 4.92. The Labute approximate surface area is 105 Å². The molecule has 0 radical (unpaired) electrons. The number of nitrogens with zero attached hydrogens (tertiary/aromatic N) is 1. The van der Waals surface area contributed by atoms with Gasteiger partial charge < -0.3 is 9.47 Å². The van der Waals surface area contributed by atoms with Crippen molar-refractivity contribution in [3.63, 3.8) is 0 Å². The molecular weight excluding hydrogens is 214 g/mol. The summed E-state index contributed by atoms with van der Waals surface area (Å²) in [5.74, 6) is 1.46. The topological polar surface area (TPSA) is 21.7 Å². The monoisotopic (exact) mass is 241 g/mol. The van der Waals surface area contributed by atoms with Gasteiger partial charge in [0.25, 0.3) is 0 Å². The molecule has 2 fully saturated rings. The van der Waals surface area contributed by atoms with Crippen LogP contribution in [0.25, 0.3) is 0 Å². The molecule has 2 rings (SSSR count). The van der Waals surface area contributed by atoms with Crippen LogP contribution in [-0.4, -0.2) is 50.5 Å². The summed E-state index contributed by atoms with van der Waals surface area (Å²) in [6.07, 6.45) is 4.62. The molecule has 1 heterocycles. The Balaban J connectivity index is 1.84. The Morgan fingerprint density at radius 3 is 2.35 bits per heavy atom. The van der Waals surface area contributed by atoms with E-state index in [1.54, 1.807) is 0 Å². The Kier molecular flexibility index (Phi) is 4.45. The van der Waals surface area contributed by atoms with E-state index in [2.05, 4.69) is 18.7 Å². The van der Waals surface area contributed by atoms with Crippen molar-refractivity contribution in [2.45, 2.75) is 51.4 Å². The van der Waals surface area contributed by atoms with Gasteiger partial charge in [0, 0.05) is 26.8 Å². The van der Waals surface area contributed by atoms with Crippen LogP contribution in [0.4, 0.5) is 0 Å². The third kappa shape index (κ3) is 2.83. The first-order valence-corrected chi connectivity index (χ1v) is 6.95. The number of rotatable bonds is 4. The lowest BCUT2D eigenvalue weighted by Crippen LogP contribution is -2.55. The van der Waals surface area contributed by atoms with Gasteiger partial charge in [0.05, 0.1) is 12.2 Å². The van der Waals surface area contributed by atoms with Gasteiger partial charge in [0.2, 0.25) is 0 Å². The third-order valence-electron chi connectivity index (χ3n) is 4.72. The molecule has 0 bridgehead atoms. The Bertz CT molecular complexity index is 238. The molecular formula is C14H27NO2. The summed E-state index contributed by atoms with van der Waals surface area (Å²) in [6.45, 7) is 6.98. The standard InChI is InChI=1S/C14H27NO2/c1-10(2)13-5-6-15(9-14(13)17-4)11-7-12(8-11)16-3/h10-14H,5-9H2,1-4H3/t11-,12-,13-,14-/m0/s1. The maximum absolute atomic E-state index is 5.69. The minimum Gasteiger partial charge on any atom is -0.381 e. The van der Waals surface area contributed by atoms with Crippen molar-refractivity contribution in [2.75, 3.05) is 27.3 Å². The van der Waals surface area contributed by atoms with Gasteiger partial charge in [-0.3, -0.25) is 4.90 Å². The fourth-order valence-electron chi connectivity index (χ4n) is 3.33. The maximum Gasteiger partial charge on any atom is 0.0729 e. The zero-order chi connectivity index (χ0) is 12.4. The third-order valence-corrected chi connectivity index (χ3v) is 4.72. The van der Waals surface area contributed by atoms with Crippen LogP contribution in [0.15, 0.2) is 0 Å². The summed E-state index contributed by atoms with van der Waals surface area (Å²) in [5, 5.41) is 0. The van der Waals surface area contributed by atoms with Crippen molar-refractivity contribution in [3.05, 3.63) is 0 Å². The van der Waals surface area contributed by atoms with Gasteiger partial charge in [-0.05, 0) is 37.6 Å². The summed E-state index contributed by atoms with van der Waals surface area (Å²) in [7, 11) is 3.69. The molecule has 1 saturated carbocycles. The number of piperidine rings is 1. The van der Waals surface area contributed by atoms with Gasteiger partial charge in [0.15, 0.2) is 0 Å². The fraction of sp³-hybridized carbons (Fsp3) is 1.00. The van der Waals surface area contributed by atoms with Crippen LogP contribution in [0.1, 0.15) is 33.1 Å². The van der Waals surface area contributed by atoms with E-state index in [4.69, 9.17) is 9.47 Å². The van der Waals surface area contributed by atoms with Gasteiger partial charge in [-0.25, -0.2) is 0 Å². The predicted molar refractivity (Wildman–Crippen MR) is 69.1 cm³/mol. The van der Waals surface area contributed by atoms with Gasteiger partial charge in [-0.2, -0.15) is 0 Å². The quantitative estimate of drug-likeness (QED) is 0.753. The average Bonchev–Trinajstić information content (AvgIpc) is 2.27. The second kappa shape index (κ2) is 5.68. The molecule has 3 heteroatoms. The van der Waals surface area contributed by atoms with Crippen LogP contribution in [0.3, 0.4) is 0 Å². The molecule has 0 aromatic carbocycles. The van der Waals surface area contributed by atoms with Crippen molar-refractivity contribution >= 4 is 0 Å². The van der Waals surface area contributed by atoms with Crippen LogP contribution in [0.5, 0.6) is 0 Å². The zero-order valence-corrected chi connectivity index (χ0v) is 11.7. The van der Waals surface area contributed by atoms with Crippen LogP contribution in [0.2, 0.25) is 0 Å². The van der Waals surface area contributed by atoms with E-state index in [1.165, 1.54) is 25.8 Å². The fourth-order valence-corrected chi connectivity index (χ4v) is 3.33. The molecule has 2 aliphatic rings. The predicted octanol–water partition coefficient (Wildman–Crippen LogP) is 2.16. The first-order valence-electron chi connectivity index (χ1n) is 6.95. The van der Waals surface area contributed by atoms with E-state index in [-0.39, 0.29) is 0 Å². The minimum atomic E-state index is 0.422. The smallest absolute Gasteiger partial charge is 0.0729 e. The molecule has 0 N–H and O–H groups in total. The Morgan fingerprint density at radius 1 is 1.12 bits per heavy atom. The SMILES string of the molecule is CO[C@H]1CN([C@H]2C[C@H](OC)C2)CC[C@H]1C(C)C. The second-order valence-electron chi connectivity index (χ2n) is 5.95. The number of ether oxygens (including phenoxy) is 2. The summed E-state index contributed by atoms with van der Waals surface area (Å²) < 4.78 is 11.1. The normalized spacial score (nSPS) is 39.4. The van der Waals surface area contributed by atoms with Crippen LogP contribution >= 0.6 is 0 Å². The molecule has 0 unspecified atom stereocenters. The lowest BCUT2D eigenvalue weighted by molar-refractivity contribution is -0.0807. The Morgan fingerprint density at radius 2 is 1.82 bits per heavy atom. The minimum absolute atomic E-state index is 0.422. The van der Waals surface area contributed by atoms with Crippen molar-refractivity contribution in [2.24, 2.45) is 11.8 Å². The largest absolute Gasteiger partial charge is 0.381 e. The lowest BCUT2D eigenvalue weighted by Gasteiger charge is -2.48. The molecule has 17 heavy (non-hydrogen) atoms. The van der Waals surface area contributed by atoms with Crippen LogP contribution < -0.4 is 0 Å². The van der Waals surface area contributed by atoms with Crippen molar-refractivity contribution in [1.29, 1.82) is 0 Å². The van der Waals surface area contributed by atoms with Gasteiger partial charge in [0.1, 0.15) is 0 Å². The first-order chi connectivity index (χ1) is 8.15. The highest BCUT2D eigenvalue weighted by Gasteiger charge is 2.39. The molecule has 100 valence electrons. The summed E-state index contributed by atoms with van der Waals surface area (Å²) in [6, 6.07) is 0.741. The van der Waals surface area contributed by atoms with E-state index < -0.39 is 0 Å². The molecule has 0 aromatic rings. The molecule has 0 spiro atoms. The number of hydrogen-bond acceptors (Lipinski definition) is 3. The highest BCUT2D eigenvalue weighted by Crippen LogP contribution is 2.33. The maximum atomic E-state index is 5.69. The van der Waals surface area contributed by atoms with Crippen LogP contribution in [0, 0.1) is 11.8 Å². The molecule has 1 aliphatic carbocycles. The summed E-state index contributed by atoms with van der Waals surface area (Å²) >= 11 is 0. The molecule has 1 saturated heterocycles. The summed E-state index contributed by atoms with van der Waals surface area (Å²) in [5.41, 5.74) is 0. The van der Waals surface area contributed by atoms with E-state index >= 15 is 0 Å². The number of likely N-dealkylation sites (tertiary alicyclic amines) is 1. The van der Waals surface area contributed by atoms with E-state index in [0.29, 0.717) is 12.2 Å². The zero-order valence-electron chi connectivity index (χ0n) is 11.7. The molecule has 3 nitrogen and oxygen atoms in total. The van der Waals surface area contributed by atoms with Gasteiger partial charge >= 0.3 is 0 Å². The van der Waals surface area contributed by atoms with E-state index in [1.807, 2.05) is 14.2 Å². The van der Waals surface area contributed by atoms with Crippen LogP contribution in [-0.2, 0) is 9.47 Å². The van der Waals surface area contributed by atoms with Crippen molar-refractivity contribution < 1.29 is 9.47 Å². The molecule has 0 amide bonds. The van der Waals surface area contributed by atoms with Crippen molar-refractivity contribution in [1.82, 2.24) is 4.90 Å². The molecule has 2 atom stereocenters. The number of methoxy groups -OCH3 is 2. The number of hydrogen-bond donors (Lipinski definition) is 0. The first kappa shape index (κ1) is 13.3. The van der Waals surface area contributed by atoms with Crippen molar-refractivity contribution in [3.8, 4) is 0 Å². The molecule has 1 aliphatic heterocycles. The van der Waals surface area contributed by atoms with Gasteiger partial charge in [-0.15, -0.1) is 0 Å². The second-order valence-corrected chi connectivity index (χ2v) is 5.95. The molecule has 0 aromatic heterocycles. The van der Waals surface area contributed by atoms with E-state index in [0.717, 1.165) is 24.4 Å². The highest BCUT2D eigenvalue weighted by atomic mass is 16.5. The lowest BCUT2D eigenvalue weighted by atomic mass is 9.81. The van der Waals surface area contributed by atoms with E-state index in [9.17, 15) is 0 Å². The van der Waals surface area contributed by atoms with Gasteiger partial charge in [-0.1, -0.05) is 13.8 Å². The Hall–Kier alpha value is -0.120. The average molecular weight is 241 g/mol.